The lowest BCUT2D eigenvalue weighted by molar-refractivity contribution is -0.117. The molecule has 7 nitrogen and oxygen atoms in total. The smallest absolute Gasteiger partial charge is 0.254 e. The van der Waals surface area contributed by atoms with Gasteiger partial charge in [-0.3, -0.25) is 14.4 Å². The number of aryl methyl sites for hydroxylation is 1. The van der Waals surface area contributed by atoms with Crippen LogP contribution in [0.15, 0.2) is 36.4 Å². The first-order valence-electron chi connectivity index (χ1n) is 9.70. The van der Waals surface area contributed by atoms with Gasteiger partial charge in [0.2, 0.25) is 11.8 Å². The molecule has 1 aliphatic heterocycles. The topological polar surface area (TPSA) is 87.7 Å². The first-order valence-corrected chi connectivity index (χ1v) is 10.1. The molecule has 8 heteroatoms. The maximum atomic E-state index is 12.2. The van der Waals surface area contributed by atoms with Crippen molar-refractivity contribution in [1.29, 1.82) is 0 Å². The summed E-state index contributed by atoms with van der Waals surface area (Å²) in [7, 11) is 3.28. The molecular weight excluding hydrogens is 406 g/mol. The predicted octanol–water partition coefficient (Wildman–Crippen LogP) is 3.72. The average Bonchev–Trinajstić information content (AvgIpc) is 2.72. The van der Waals surface area contributed by atoms with Gasteiger partial charge in [-0.25, -0.2) is 0 Å². The average molecular weight is 430 g/mol. The minimum Gasteiger partial charge on any atom is -0.494 e. The Morgan fingerprint density at radius 2 is 1.97 bits per heavy atom. The molecular formula is C22H24ClN3O4. The van der Waals surface area contributed by atoms with E-state index < -0.39 is 0 Å². The maximum Gasteiger partial charge on any atom is 0.254 e. The zero-order valence-electron chi connectivity index (χ0n) is 17.0. The Morgan fingerprint density at radius 3 is 2.73 bits per heavy atom. The predicted molar refractivity (Wildman–Crippen MR) is 116 cm³/mol. The number of nitrogens with zero attached hydrogens (tertiary/aromatic N) is 1. The molecule has 158 valence electrons. The van der Waals surface area contributed by atoms with E-state index in [0.717, 1.165) is 17.0 Å². The molecule has 0 saturated heterocycles. The largest absolute Gasteiger partial charge is 0.494 e. The summed E-state index contributed by atoms with van der Waals surface area (Å²) in [6.45, 7) is 0.392. The normalized spacial score (nSPS) is 12.6. The summed E-state index contributed by atoms with van der Waals surface area (Å²) in [5, 5.41) is 5.95. The molecule has 3 rings (SSSR count). The molecule has 0 fully saturated rings. The molecule has 2 aromatic rings. The van der Waals surface area contributed by atoms with Crippen molar-refractivity contribution < 1.29 is 19.1 Å². The van der Waals surface area contributed by atoms with Crippen molar-refractivity contribution in [2.24, 2.45) is 0 Å². The van der Waals surface area contributed by atoms with Crippen molar-refractivity contribution in [2.75, 3.05) is 31.3 Å². The second kappa shape index (κ2) is 9.63. The van der Waals surface area contributed by atoms with Gasteiger partial charge in [0.05, 0.1) is 17.2 Å². The molecule has 0 bridgehead atoms. The Hall–Kier alpha value is -3.06. The van der Waals surface area contributed by atoms with Crippen LogP contribution in [0.4, 0.5) is 11.4 Å². The quantitative estimate of drug-likeness (QED) is 0.656. The van der Waals surface area contributed by atoms with Crippen LogP contribution < -0.4 is 15.4 Å². The lowest BCUT2D eigenvalue weighted by Gasteiger charge is -2.17. The lowest BCUT2D eigenvalue weighted by Crippen LogP contribution is -2.22. The fraction of sp³-hybridized carbons (Fsp3) is 0.318. The highest BCUT2D eigenvalue weighted by atomic mass is 35.5. The Bertz CT molecular complexity index is 975. The van der Waals surface area contributed by atoms with E-state index in [1.54, 1.807) is 32.3 Å². The molecule has 1 aliphatic rings. The number of anilines is 2. The summed E-state index contributed by atoms with van der Waals surface area (Å²) in [5.41, 5.74) is 2.74. The number of amides is 3. The molecule has 2 N–H and O–H groups in total. The lowest BCUT2D eigenvalue weighted by atomic mass is 10.0. The van der Waals surface area contributed by atoms with Gasteiger partial charge in [-0.1, -0.05) is 11.6 Å². The number of carbonyl (C=O) groups excluding carboxylic acids is 3. The minimum absolute atomic E-state index is 0.0288. The molecule has 0 atom stereocenters. The van der Waals surface area contributed by atoms with Crippen LogP contribution in [-0.4, -0.2) is 43.3 Å². The maximum absolute atomic E-state index is 12.2. The number of ether oxygens (including phenoxy) is 1. The standard InChI is InChI=1S/C22H24ClN3O4/c1-26(2)22(29)17-13-15(6-8-18(17)23)24-20(27)4-3-11-30-16-7-9-19-14(12-16)5-10-21(28)25-19/h6-9,12-13H,3-5,10-11H2,1-2H3,(H,24,27)(H,25,28). The molecule has 0 aliphatic carbocycles. The second-order valence-electron chi connectivity index (χ2n) is 7.26. The number of carbonyl (C=O) groups is 3. The van der Waals surface area contributed by atoms with Gasteiger partial charge in [0, 0.05) is 38.3 Å². The fourth-order valence-corrected chi connectivity index (χ4v) is 3.30. The summed E-state index contributed by atoms with van der Waals surface area (Å²) >= 11 is 6.09. The molecule has 0 unspecified atom stereocenters. The zero-order chi connectivity index (χ0) is 21.7. The van der Waals surface area contributed by atoms with Crippen LogP contribution in [0.5, 0.6) is 5.75 Å². The van der Waals surface area contributed by atoms with Crippen LogP contribution in [0.1, 0.15) is 35.2 Å². The highest BCUT2D eigenvalue weighted by molar-refractivity contribution is 6.34. The van der Waals surface area contributed by atoms with Gasteiger partial charge in [-0.15, -0.1) is 0 Å². The molecule has 0 saturated carbocycles. The van der Waals surface area contributed by atoms with Crippen LogP contribution in [0, 0.1) is 0 Å². The first kappa shape index (κ1) is 21.6. The van der Waals surface area contributed by atoms with Crippen molar-refractivity contribution in [2.45, 2.75) is 25.7 Å². The third kappa shape index (κ3) is 5.51. The molecule has 2 aromatic carbocycles. The highest BCUT2D eigenvalue weighted by Gasteiger charge is 2.16. The summed E-state index contributed by atoms with van der Waals surface area (Å²) in [5.74, 6) is 0.349. The Kier molecular flexibility index (Phi) is 6.95. The van der Waals surface area contributed by atoms with E-state index in [1.807, 2.05) is 18.2 Å². The van der Waals surface area contributed by atoms with Gasteiger partial charge in [-0.05, 0) is 54.8 Å². The van der Waals surface area contributed by atoms with Crippen molar-refractivity contribution in [3.63, 3.8) is 0 Å². The number of benzene rings is 2. The molecule has 1 heterocycles. The summed E-state index contributed by atoms with van der Waals surface area (Å²) in [6, 6.07) is 10.4. The van der Waals surface area contributed by atoms with Crippen LogP contribution in [0.2, 0.25) is 5.02 Å². The highest BCUT2D eigenvalue weighted by Crippen LogP contribution is 2.27. The van der Waals surface area contributed by atoms with Crippen molar-refractivity contribution in [3.8, 4) is 5.75 Å². The third-order valence-electron chi connectivity index (χ3n) is 4.68. The summed E-state index contributed by atoms with van der Waals surface area (Å²) in [6.07, 6.45) is 1.99. The van der Waals surface area contributed by atoms with E-state index in [9.17, 15) is 14.4 Å². The van der Waals surface area contributed by atoms with Crippen LogP contribution in [0.3, 0.4) is 0 Å². The van der Waals surface area contributed by atoms with E-state index in [4.69, 9.17) is 16.3 Å². The number of hydrogen-bond donors (Lipinski definition) is 2. The van der Waals surface area contributed by atoms with Crippen molar-refractivity contribution in [3.05, 3.63) is 52.5 Å². The number of rotatable bonds is 7. The number of hydrogen-bond acceptors (Lipinski definition) is 4. The van der Waals surface area contributed by atoms with E-state index in [2.05, 4.69) is 10.6 Å². The number of halogens is 1. The van der Waals surface area contributed by atoms with Gasteiger partial charge in [-0.2, -0.15) is 0 Å². The minimum atomic E-state index is -0.228. The second-order valence-corrected chi connectivity index (χ2v) is 7.67. The van der Waals surface area contributed by atoms with Crippen molar-refractivity contribution >= 4 is 40.7 Å². The molecule has 0 spiro atoms. The van der Waals surface area contributed by atoms with Gasteiger partial charge in [0.25, 0.3) is 5.91 Å². The van der Waals surface area contributed by atoms with Crippen LogP contribution >= 0.6 is 11.6 Å². The van der Waals surface area contributed by atoms with E-state index in [0.29, 0.717) is 42.1 Å². The molecule has 0 aromatic heterocycles. The molecule has 30 heavy (non-hydrogen) atoms. The van der Waals surface area contributed by atoms with E-state index in [-0.39, 0.29) is 24.1 Å². The Morgan fingerprint density at radius 1 is 1.17 bits per heavy atom. The van der Waals surface area contributed by atoms with E-state index >= 15 is 0 Å². The first-order chi connectivity index (χ1) is 14.3. The van der Waals surface area contributed by atoms with Crippen molar-refractivity contribution in [1.82, 2.24) is 4.90 Å². The van der Waals surface area contributed by atoms with Crippen LogP contribution in [0.25, 0.3) is 0 Å². The SMILES string of the molecule is CN(C)C(=O)c1cc(NC(=O)CCCOc2ccc3c(c2)CCC(=O)N3)ccc1Cl. The number of fused-ring (bicyclic) bond motifs is 1. The van der Waals surface area contributed by atoms with Gasteiger partial charge >= 0.3 is 0 Å². The Balaban J connectivity index is 1.47. The third-order valence-corrected chi connectivity index (χ3v) is 5.01. The summed E-state index contributed by atoms with van der Waals surface area (Å²) in [4.78, 5) is 37.2. The van der Waals surface area contributed by atoms with Crippen LogP contribution in [-0.2, 0) is 16.0 Å². The molecule has 0 radical (unpaired) electrons. The molecule has 3 amide bonds. The van der Waals surface area contributed by atoms with Gasteiger partial charge < -0.3 is 20.3 Å². The van der Waals surface area contributed by atoms with E-state index in [1.165, 1.54) is 4.90 Å². The number of nitrogens with one attached hydrogen (secondary N) is 2. The zero-order valence-corrected chi connectivity index (χ0v) is 17.7. The van der Waals surface area contributed by atoms with Gasteiger partial charge in [0.1, 0.15) is 5.75 Å². The van der Waals surface area contributed by atoms with Gasteiger partial charge in [0.15, 0.2) is 0 Å². The monoisotopic (exact) mass is 429 g/mol. The fourth-order valence-electron chi connectivity index (χ4n) is 3.10. The Labute approximate surface area is 180 Å². The summed E-state index contributed by atoms with van der Waals surface area (Å²) < 4.78 is 5.73.